The van der Waals surface area contributed by atoms with Crippen LogP contribution in [0.5, 0.6) is 0 Å². The minimum absolute atomic E-state index is 0.0705. The Bertz CT molecular complexity index is 729. The maximum Gasteiger partial charge on any atom is 0.324 e. The molecule has 0 bridgehead atoms. The van der Waals surface area contributed by atoms with E-state index >= 15 is 0 Å². The standard InChI is InChI=1S/C21H27BrN2O3/c1-16-13-19(14-17(2)20(16)22)24(21(26)23(3)9-11-25)10-12-27-15-18-7-5-4-6-8-18/h4-8,13-14,25H,9-12,15H2,1-3H3. The molecule has 2 aromatic rings. The van der Waals surface area contributed by atoms with Crippen molar-refractivity contribution in [3.8, 4) is 0 Å². The Kier molecular flexibility index (Phi) is 8.28. The van der Waals surface area contributed by atoms with Crippen molar-refractivity contribution in [2.75, 3.05) is 38.3 Å². The number of carbonyl (C=O) groups excluding carboxylic acids is 1. The van der Waals surface area contributed by atoms with E-state index in [0.717, 1.165) is 26.9 Å². The van der Waals surface area contributed by atoms with Gasteiger partial charge in [0.15, 0.2) is 0 Å². The third-order valence-corrected chi connectivity index (χ3v) is 5.55. The quantitative estimate of drug-likeness (QED) is 0.635. The Labute approximate surface area is 169 Å². The first kappa shape index (κ1) is 21.4. The van der Waals surface area contributed by atoms with Gasteiger partial charge in [0, 0.05) is 23.8 Å². The van der Waals surface area contributed by atoms with E-state index in [0.29, 0.717) is 19.8 Å². The maximum atomic E-state index is 12.9. The molecule has 0 fully saturated rings. The summed E-state index contributed by atoms with van der Waals surface area (Å²) < 4.78 is 6.82. The lowest BCUT2D eigenvalue weighted by molar-refractivity contribution is 0.125. The number of amides is 2. The number of ether oxygens (including phenoxy) is 1. The van der Waals surface area contributed by atoms with Crippen LogP contribution in [-0.2, 0) is 11.3 Å². The van der Waals surface area contributed by atoms with Gasteiger partial charge in [0.1, 0.15) is 0 Å². The van der Waals surface area contributed by atoms with E-state index in [1.807, 2.05) is 56.3 Å². The molecule has 1 N–H and O–H groups in total. The fourth-order valence-corrected chi connectivity index (χ4v) is 3.01. The summed E-state index contributed by atoms with van der Waals surface area (Å²) in [5.41, 5.74) is 4.06. The van der Waals surface area contributed by atoms with E-state index in [1.165, 1.54) is 4.90 Å². The van der Waals surface area contributed by atoms with E-state index in [4.69, 9.17) is 9.84 Å². The Morgan fingerprint density at radius 1 is 1.11 bits per heavy atom. The van der Waals surface area contributed by atoms with Crippen molar-refractivity contribution in [1.29, 1.82) is 0 Å². The summed E-state index contributed by atoms with van der Waals surface area (Å²) in [5.74, 6) is 0. The highest BCUT2D eigenvalue weighted by atomic mass is 79.9. The number of aryl methyl sites for hydroxylation is 2. The first-order valence-corrected chi connectivity index (χ1v) is 9.75. The van der Waals surface area contributed by atoms with Gasteiger partial charge in [-0.3, -0.25) is 4.90 Å². The van der Waals surface area contributed by atoms with Crippen molar-refractivity contribution >= 4 is 27.6 Å². The molecule has 0 atom stereocenters. The van der Waals surface area contributed by atoms with Gasteiger partial charge >= 0.3 is 6.03 Å². The van der Waals surface area contributed by atoms with E-state index in [2.05, 4.69) is 15.9 Å². The van der Waals surface area contributed by atoms with Crippen LogP contribution in [0.1, 0.15) is 16.7 Å². The molecule has 0 unspecified atom stereocenters. The Morgan fingerprint density at radius 3 is 2.33 bits per heavy atom. The number of hydrogen-bond acceptors (Lipinski definition) is 3. The molecule has 0 aromatic heterocycles. The summed E-state index contributed by atoms with van der Waals surface area (Å²) in [4.78, 5) is 16.1. The van der Waals surface area contributed by atoms with E-state index in [1.54, 1.807) is 11.9 Å². The second-order valence-corrected chi connectivity index (χ2v) is 7.30. The summed E-state index contributed by atoms with van der Waals surface area (Å²) in [5, 5.41) is 9.16. The Balaban J connectivity index is 2.11. The van der Waals surface area contributed by atoms with Gasteiger partial charge in [-0.1, -0.05) is 46.3 Å². The highest BCUT2D eigenvalue weighted by molar-refractivity contribution is 9.10. The number of urea groups is 1. The summed E-state index contributed by atoms with van der Waals surface area (Å²) >= 11 is 3.57. The summed E-state index contributed by atoms with van der Waals surface area (Å²) in [6.45, 7) is 5.59. The molecular weight excluding hydrogens is 408 g/mol. The van der Waals surface area contributed by atoms with Crippen molar-refractivity contribution in [2.24, 2.45) is 0 Å². The van der Waals surface area contributed by atoms with Gasteiger partial charge in [0.2, 0.25) is 0 Å². The topological polar surface area (TPSA) is 53.0 Å². The minimum atomic E-state index is -0.159. The number of benzene rings is 2. The molecular formula is C21H27BrN2O3. The largest absolute Gasteiger partial charge is 0.395 e. The first-order chi connectivity index (χ1) is 12.9. The average molecular weight is 435 g/mol. The minimum Gasteiger partial charge on any atom is -0.395 e. The number of halogens is 1. The number of carbonyl (C=O) groups is 1. The molecule has 0 saturated carbocycles. The fraction of sp³-hybridized carbons (Fsp3) is 0.381. The predicted molar refractivity (Wildman–Crippen MR) is 112 cm³/mol. The Morgan fingerprint density at radius 2 is 1.74 bits per heavy atom. The normalized spacial score (nSPS) is 10.7. The molecule has 0 spiro atoms. The van der Waals surface area contributed by atoms with Crippen LogP contribution in [0.25, 0.3) is 0 Å². The Hall–Kier alpha value is -1.89. The lowest BCUT2D eigenvalue weighted by Gasteiger charge is -2.29. The van der Waals surface area contributed by atoms with Crippen molar-refractivity contribution in [2.45, 2.75) is 20.5 Å². The average Bonchev–Trinajstić information content (AvgIpc) is 2.66. The molecule has 2 amide bonds. The van der Waals surface area contributed by atoms with Gasteiger partial charge in [-0.15, -0.1) is 0 Å². The number of aliphatic hydroxyl groups is 1. The fourth-order valence-electron chi connectivity index (χ4n) is 2.79. The smallest absolute Gasteiger partial charge is 0.324 e. The van der Waals surface area contributed by atoms with Gasteiger partial charge in [-0.25, -0.2) is 4.79 Å². The SMILES string of the molecule is Cc1cc(N(CCOCc2ccccc2)C(=O)N(C)CCO)cc(C)c1Br. The third kappa shape index (κ3) is 6.06. The van der Waals surface area contributed by atoms with Crippen LogP contribution in [-0.4, -0.2) is 49.4 Å². The molecule has 2 aromatic carbocycles. The zero-order chi connectivity index (χ0) is 19.8. The number of anilines is 1. The highest BCUT2D eigenvalue weighted by Crippen LogP contribution is 2.27. The summed E-state index contributed by atoms with van der Waals surface area (Å²) in [7, 11) is 1.69. The van der Waals surface area contributed by atoms with Gasteiger partial charge in [-0.2, -0.15) is 0 Å². The van der Waals surface area contributed by atoms with Gasteiger partial charge in [0.25, 0.3) is 0 Å². The van der Waals surface area contributed by atoms with Crippen LogP contribution in [0.4, 0.5) is 10.5 Å². The molecule has 0 aliphatic carbocycles. The molecule has 0 aliphatic heterocycles. The second kappa shape index (κ2) is 10.4. The van der Waals surface area contributed by atoms with E-state index < -0.39 is 0 Å². The lowest BCUT2D eigenvalue weighted by Crippen LogP contribution is -2.44. The van der Waals surface area contributed by atoms with Crippen LogP contribution in [0, 0.1) is 13.8 Å². The van der Waals surface area contributed by atoms with Crippen molar-refractivity contribution in [1.82, 2.24) is 4.90 Å². The molecule has 0 heterocycles. The number of rotatable bonds is 8. The van der Waals surface area contributed by atoms with Gasteiger partial charge in [-0.05, 0) is 42.7 Å². The third-order valence-electron chi connectivity index (χ3n) is 4.30. The van der Waals surface area contributed by atoms with Crippen LogP contribution in [0.3, 0.4) is 0 Å². The summed E-state index contributed by atoms with van der Waals surface area (Å²) in [6.07, 6.45) is 0. The van der Waals surface area contributed by atoms with Crippen molar-refractivity contribution in [3.63, 3.8) is 0 Å². The zero-order valence-electron chi connectivity index (χ0n) is 16.1. The molecule has 0 aliphatic rings. The predicted octanol–water partition coefficient (Wildman–Crippen LogP) is 4.13. The lowest BCUT2D eigenvalue weighted by atomic mass is 10.1. The van der Waals surface area contributed by atoms with Gasteiger partial charge < -0.3 is 14.7 Å². The van der Waals surface area contributed by atoms with E-state index in [9.17, 15) is 4.79 Å². The number of aliphatic hydroxyl groups excluding tert-OH is 1. The monoisotopic (exact) mass is 434 g/mol. The van der Waals surface area contributed by atoms with Crippen LogP contribution < -0.4 is 4.90 Å². The molecule has 0 saturated heterocycles. The molecule has 0 radical (unpaired) electrons. The maximum absolute atomic E-state index is 12.9. The van der Waals surface area contributed by atoms with Crippen molar-refractivity contribution in [3.05, 3.63) is 63.6 Å². The van der Waals surface area contributed by atoms with Crippen LogP contribution >= 0.6 is 15.9 Å². The molecule has 5 nitrogen and oxygen atoms in total. The molecule has 2 rings (SSSR count). The summed E-state index contributed by atoms with van der Waals surface area (Å²) in [6, 6.07) is 13.8. The van der Waals surface area contributed by atoms with Crippen LogP contribution in [0.15, 0.2) is 46.9 Å². The zero-order valence-corrected chi connectivity index (χ0v) is 17.7. The van der Waals surface area contributed by atoms with E-state index in [-0.39, 0.29) is 19.2 Å². The number of nitrogens with zero attached hydrogens (tertiary/aromatic N) is 2. The number of likely N-dealkylation sites (N-methyl/N-ethyl adjacent to an activating group) is 1. The van der Waals surface area contributed by atoms with Crippen molar-refractivity contribution < 1.29 is 14.6 Å². The van der Waals surface area contributed by atoms with Crippen LogP contribution in [0.2, 0.25) is 0 Å². The first-order valence-electron chi connectivity index (χ1n) is 8.96. The second-order valence-electron chi connectivity index (χ2n) is 6.51. The molecule has 27 heavy (non-hydrogen) atoms. The van der Waals surface area contributed by atoms with Gasteiger partial charge in [0.05, 0.1) is 26.4 Å². The molecule has 6 heteroatoms. The molecule has 146 valence electrons. The number of hydrogen-bond donors (Lipinski definition) is 1. The highest BCUT2D eigenvalue weighted by Gasteiger charge is 2.20.